The summed E-state index contributed by atoms with van der Waals surface area (Å²) in [5.41, 5.74) is 6.20. The van der Waals surface area contributed by atoms with E-state index in [-0.39, 0.29) is 6.03 Å². The number of carbonyl (C=O) groups excluding carboxylic acids is 1. The van der Waals surface area contributed by atoms with E-state index in [2.05, 4.69) is 15.6 Å². The fraction of sp³-hybridized carbons (Fsp3) is 0.364. The zero-order valence-electron chi connectivity index (χ0n) is 10.4. The molecule has 1 rings (SSSR count). The molecule has 0 saturated heterocycles. The van der Waals surface area contributed by atoms with E-state index in [0.29, 0.717) is 23.9 Å². The van der Waals surface area contributed by atoms with Crippen molar-refractivity contribution in [2.45, 2.75) is 0 Å². The van der Waals surface area contributed by atoms with Gasteiger partial charge in [-0.3, -0.25) is 0 Å². The number of pyridine rings is 1. The molecule has 0 saturated carbocycles. The van der Waals surface area contributed by atoms with Crippen molar-refractivity contribution in [2.75, 3.05) is 32.5 Å². The molecule has 1 aromatic rings. The van der Waals surface area contributed by atoms with Gasteiger partial charge in [0.15, 0.2) is 0 Å². The highest BCUT2D eigenvalue weighted by Gasteiger charge is 2.01. The average Bonchev–Trinajstić information content (AvgIpc) is 2.34. The Morgan fingerprint density at radius 2 is 2.17 bits per heavy atom. The maximum absolute atomic E-state index is 11.2. The molecule has 6 nitrogen and oxygen atoms in total. The summed E-state index contributed by atoms with van der Waals surface area (Å²) in [6.45, 7) is 1.12. The number of nitrogens with zero attached hydrogens (tertiary/aromatic N) is 2. The number of urea groups is 1. The highest BCUT2D eigenvalue weighted by atomic mass is 32.1. The fourth-order valence-electron chi connectivity index (χ4n) is 1.16. The first kappa shape index (κ1) is 14.2. The van der Waals surface area contributed by atoms with Crippen molar-refractivity contribution >= 4 is 29.1 Å². The molecule has 0 aliphatic carbocycles. The van der Waals surface area contributed by atoms with Crippen molar-refractivity contribution in [3.05, 3.63) is 23.9 Å². The van der Waals surface area contributed by atoms with E-state index in [9.17, 15) is 4.79 Å². The Kier molecular flexibility index (Phi) is 5.31. The van der Waals surface area contributed by atoms with Gasteiger partial charge in [-0.2, -0.15) is 0 Å². The molecule has 1 aromatic heterocycles. The van der Waals surface area contributed by atoms with E-state index in [0.717, 1.165) is 5.56 Å². The summed E-state index contributed by atoms with van der Waals surface area (Å²) in [7, 11) is 3.39. The van der Waals surface area contributed by atoms with Crippen LogP contribution in [0, 0.1) is 0 Å². The first-order chi connectivity index (χ1) is 8.50. The van der Waals surface area contributed by atoms with E-state index < -0.39 is 0 Å². The van der Waals surface area contributed by atoms with E-state index >= 15 is 0 Å². The second kappa shape index (κ2) is 6.75. The zero-order valence-corrected chi connectivity index (χ0v) is 11.3. The first-order valence-electron chi connectivity index (χ1n) is 5.45. The Labute approximate surface area is 112 Å². The summed E-state index contributed by atoms with van der Waals surface area (Å²) in [5, 5.41) is 5.81. The average molecular weight is 267 g/mol. The molecule has 2 amide bonds. The highest BCUT2D eigenvalue weighted by Crippen LogP contribution is 2.04. The van der Waals surface area contributed by atoms with Crippen LogP contribution in [0.4, 0.5) is 10.6 Å². The number of nitrogens with two attached hydrogens (primary N) is 1. The normalized spacial score (nSPS) is 9.67. The van der Waals surface area contributed by atoms with Crippen molar-refractivity contribution in [1.82, 2.24) is 15.2 Å². The molecule has 98 valence electrons. The highest BCUT2D eigenvalue weighted by molar-refractivity contribution is 7.80. The van der Waals surface area contributed by atoms with E-state index in [1.807, 2.05) is 0 Å². The first-order valence-corrected chi connectivity index (χ1v) is 5.86. The lowest BCUT2D eigenvalue weighted by atomic mass is 10.3. The molecule has 0 radical (unpaired) electrons. The van der Waals surface area contributed by atoms with Crippen LogP contribution in [0.3, 0.4) is 0 Å². The summed E-state index contributed by atoms with van der Waals surface area (Å²) in [6.07, 6.45) is 1.61. The van der Waals surface area contributed by atoms with Crippen molar-refractivity contribution < 1.29 is 4.79 Å². The molecular formula is C11H17N5OS. The van der Waals surface area contributed by atoms with Crippen LogP contribution < -0.4 is 16.4 Å². The maximum atomic E-state index is 11.2. The maximum Gasteiger partial charge on any atom is 0.316 e. The molecule has 7 heteroatoms. The Balaban J connectivity index is 2.31. The Hall–Kier alpha value is -1.89. The van der Waals surface area contributed by atoms with Crippen LogP contribution in [0.2, 0.25) is 0 Å². The molecule has 0 atom stereocenters. The monoisotopic (exact) mass is 267 g/mol. The van der Waals surface area contributed by atoms with Gasteiger partial charge in [0.1, 0.15) is 10.8 Å². The molecule has 1 heterocycles. The van der Waals surface area contributed by atoms with Crippen LogP contribution in [-0.4, -0.2) is 48.1 Å². The van der Waals surface area contributed by atoms with E-state index in [1.165, 1.54) is 4.90 Å². The number of carbonyl (C=O) groups is 1. The molecule has 0 unspecified atom stereocenters. The number of anilines is 1. The van der Waals surface area contributed by atoms with Crippen LogP contribution in [0.25, 0.3) is 0 Å². The van der Waals surface area contributed by atoms with Crippen molar-refractivity contribution in [3.8, 4) is 0 Å². The number of aromatic nitrogens is 1. The minimum atomic E-state index is -0.117. The fourth-order valence-corrected chi connectivity index (χ4v) is 1.28. The third-order valence-electron chi connectivity index (χ3n) is 2.16. The van der Waals surface area contributed by atoms with Crippen LogP contribution in [0.15, 0.2) is 18.3 Å². The topological polar surface area (TPSA) is 83.3 Å². The van der Waals surface area contributed by atoms with Crippen molar-refractivity contribution in [3.63, 3.8) is 0 Å². The largest absolute Gasteiger partial charge is 0.389 e. The lowest BCUT2D eigenvalue weighted by Gasteiger charge is -2.12. The van der Waals surface area contributed by atoms with Crippen molar-refractivity contribution in [1.29, 1.82) is 0 Å². The zero-order chi connectivity index (χ0) is 13.5. The molecule has 0 fully saturated rings. The molecule has 0 aliphatic rings. The molecule has 0 aromatic carbocycles. The second-order valence-electron chi connectivity index (χ2n) is 3.85. The Morgan fingerprint density at radius 1 is 1.44 bits per heavy atom. The number of amides is 2. The van der Waals surface area contributed by atoms with Gasteiger partial charge >= 0.3 is 6.03 Å². The standard InChI is InChI=1S/C11H17N5OS/c1-16(2)11(17)14-6-5-13-9-4-3-8(7-15-9)10(12)18/h3-4,7H,5-6H2,1-2H3,(H2,12,18)(H,13,15)(H,14,17). The number of thiocarbonyl (C=S) groups is 1. The van der Waals surface area contributed by atoms with Crippen molar-refractivity contribution in [2.24, 2.45) is 5.73 Å². The predicted molar refractivity (Wildman–Crippen MR) is 75.7 cm³/mol. The van der Waals surface area contributed by atoms with Gasteiger partial charge in [-0.25, -0.2) is 9.78 Å². The van der Waals surface area contributed by atoms with E-state index in [1.54, 1.807) is 32.4 Å². The quantitative estimate of drug-likeness (QED) is 0.531. The Morgan fingerprint density at radius 3 is 2.67 bits per heavy atom. The van der Waals surface area contributed by atoms with Crippen LogP contribution in [0.1, 0.15) is 5.56 Å². The van der Waals surface area contributed by atoms with Gasteiger partial charge < -0.3 is 21.3 Å². The van der Waals surface area contributed by atoms with Gasteiger partial charge in [0.2, 0.25) is 0 Å². The van der Waals surface area contributed by atoms with Gasteiger partial charge in [-0.05, 0) is 12.1 Å². The molecular weight excluding hydrogens is 250 g/mol. The predicted octanol–water partition coefficient (Wildman–Crippen LogP) is 0.399. The van der Waals surface area contributed by atoms with Gasteiger partial charge in [0, 0.05) is 38.9 Å². The third kappa shape index (κ3) is 4.54. The SMILES string of the molecule is CN(C)C(=O)NCCNc1ccc(C(N)=S)cn1. The van der Waals surface area contributed by atoms with Gasteiger partial charge in [-0.15, -0.1) is 0 Å². The minimum Gasteiger partial charge on any atom is -0.389 e. The van der Waals surface area contributed by atoms with Crippen LogP contribution in [0.5, 0.6) is 0 Å². The smallest absolute Gasteiger partial charge is 0.316 e. The van der Waals surface area contributed by atoms with E-state index in [4.69, 9.17) is 18.0 Å². The summed E-state index contributed by atoms with van der Waals surface area (Å²) >= 11 is 4.83. The van der Waals surface area contributed by atoms with Gasteiger partial charge in [0.25, 0.3) is 0 Å². The number of rotatable bonds is 5. The summed E-state index contributed by atoms with van der Waals surface area (Å²) in [6, 6.07) is 3.48. The molecule has 0 aliphatic heterocycles. The Bertz CT molecular complexity index is 418. The number of nitrogens with one attached hydrogen (secondary N) is 2. The second-order valence-corrected chi connectivity index (χ2v) is 4.29. The summed E-state index contributed by atoms with van der Waals surface area (Å²) < 4.78 is 0. The molecule has 18 heavy (non-hydrogen) atoms. The summed E-state index contributed by atoms with van der Waals surface area (Å²) in [5.74, 6) is 0.717. The van der Waals surface area contributed by atoms with Gasteiger partial charge in [-0.1, -0.05) is 12.2 Å². The molecule has 4 N–H and O–H groups in total. The third-order valence-corrected chi connectivity index (χ3v) is 2.40. The molecule has 0 spiro atoms. The lowest BCUT2D eigenvalue weighted by Crippen LogP contribution is -2.37. The summed E-state index contributed by atoms with van der Waals surface area (Å²) in [4.78, 5) is 17.2. The van der Waals surface area contributed by atoms with Crippen LogP contribution >= 0.6 is 12.2 Å². The number of hydrogen-bond acceptors (Lipinski definition) is 4. The minimum absolute atomic E-state index is 0.117. The molecule has 0 bridgehead atoms. The number of hydrogen-bond donors (Lipinski definition) is 3. The lowest BCUT2D eigenvalue weighted by molar-refractivity contribution is 0.218. The van der Waals surface area contributed by atoms with Gasteiger partial charge in [0.05, 0.1) is 0 Å². The van der Waals surface area contributed by atoms with Crippen LogP contribution in [-0.2, 0) is 0 Å².